The topological polar surface area (TPSA) is 21.3 Å². The Morgan fingerprint density at radius 3 is 2.76 bits per heavy atom. The second-order valence-corrected chi connectivity index (χ2v) is 4.77. The summed E-state index contributed by atoms with van der Waals surface area (Å²) in [6.07, 6.45) is 0.646. The molecule has 0 aromatic heterocycles. The summed E-state index contributed by atoms with van der Waals surface area (Å²) in [6.45, 7) is 6.15. The summed E-state index contributed by atoms with van der Waals surface area (Å²) in [5.74, 6) is -0.168. The van der Waals surface area contributed by atoms with Crippen molar-refractivity contribution in [2.24, 2.45) is 0 Å². The van der Waals surface area contributed by atoms with Crippen molar-refractivity contribution in [3.05, 3.63) is 34.1 Å². The van der Waals surface area contributed by atoms with E-state index in [0.717, 1.165) is 16.6 Å². The maximum atomic E-state index is 13.7. The molecular formula is C13H19BrFNO. The van der Waals surface area contributed by atoms with Crippen molar-refractivity contribution in [1.82, 2.24) is 5.32 Å². The van der Waals surface area contributed by atoms with Gasteiger partial charge in [0.05, 0.1) is 6.61 Å². The number of ether oxygens (including phenoxy) is 1. The first kappa shape index (κ1) is 14.6. The summed E-state index contributed by atoms with van der Waals surface area (Å²) in [5.41, 5.74) is 0.721. The molecule has 1 N–H and O–H groups in total. The van der Waals surface area contributed by atoms with E-state index in [1.807, 2.05) is 26.0 Å². The van der Waals surface area contributed by atoms with Gasteiger partial charge in [-0.25, -0.2) is 4.39 Å². The molecule has 0 bridgehead atoms. The van der Waals surface area contributed by atoms with Crippen LogP contribution in [0.1, 0.15) is 19.4 Å². The fraction of sp³-hybridized carbons (Fsp3) is 0.538. The van der Waals surface area contributed by atoms with Gasteiger partial charge >= 0.3 is 0 Å². The average molecular weight is 304 g/mol. The van der Waals surface area contributed by atoms with Crippen molar-refractivity contribution in [3.63, 3.8) is 0 Å². The summed E-state index contributed by atoms with van der Waals surface area (Å²) in [7, 11) is 0. The Labute approximate surface area is 111 Å². The summed E-state index contributed by atoms with van der Waals surface area (Å²) in [5, 5.41) is 3.30. The molecule has 0 saturated carbocycles. The monoisotopic (exact) mass is 303 g/mol. The van der Waals surface area contributed by atoms with Crippen LogP contribution in [-0.2, 0) is 11.2 Å². The lowest BCUT2D eigenvalue weighted by molar-refractivity contribution is 0.123. The van der Waals surface area contributed by atoms with E-state index in [1.165, 1.54) is 6.07 Å². The van der Waals surface area contributed by atoms with Crippen LogP contribution in [0.4, 0.5) is 4.39 Å². The number of halogens is 2. The zero-order chi connectivity index (χ0) is 12.7. The number of rotatable bonds is 7. The fourth-order valence-corrected chi connectivity index (χ4v) is 2.02. The van der Waals surface area contributed by atoms with Gasteiger partial charge in [-0.1, -0.05) is 28.9 Å². The summed E-state index contributed by atoms with van der Waals surface area (Å²) in [6, 6.07) is 5.34. The van der Waals surface area contributed by atoms with Crippen LogP contribution in [0.5, 0.6) is 0 Å². The molecule has 1 aromatic carbocycles. The van der Waals surface area contributed by atoms with Crippen LogP contribution in [-0.4, -0.2) is 25.8 Å². The Hall–Kier alpha value is -0.450. The van der Waals surface area contributed by atoms with E-state index in [2.05, 4.69) is 21.2 Å². The minimum absolute atomic E-state index is 0.163. The fourth-order valence-electron chi connectivity index (χ4n) is 1.69. The number of hydrogen-bond donors (Lipinski definition) is 1. The predicted molar refractivity (Wildman–Crippen MR) is 71.8 cm³/mol. The van der Waals surface area contributed by atoms with Gasteiger partial charge in [0.25, 0.3) is 0 Å². The Balaban J connectivity index is 2.64. The molecule has 0 fully saturated rings. The lowest BCUT2D eigenvalue weighted by Gasteiger charge is -2.18. The standard InChI is InChI=1S/C13H19BrFNO/c1-3-16-12(9-17-4-2)7-10-5-6-11(14)8-13(10)15/h5-6,8,12,16H,3-4,7,9H2,1-2H3. The van der Waals surface area contributed by atoms with Crippen LogP contribution in [0.25, 0.3) is 0 Å². The molecule has 1 unspecified atom stereocenters. The molecule has 4 heteroatoms. The number of hydrogen-bond acceptors (Lipinski definition) is 2. The first-order valence-electron chi connectivity index (χ1n) is 5.92. The zero-order valence-electron chi connectivity index (χ0n) is 10.3. The van der Waals surface area contributed by atoms with Crippen molar-refractivity contribution in [2.45, 2.75) is 26.3 Å². The molecule has 0 aliphatic heterocycles. The van der Waals surface area contributed by atoms with Gasteiger partial charge in [-0.3, -0.25) is 0 Å². The van der Waals surface area contributed by atoms with Gasteiger partial charge in [0, 0.05) is 17.1 Å². The molecule has 1 aromatic rings. The number of nitrogens with one attached hydrogen (secondary N) is 1. The van der Waals surface area contributed by atoms with Gasteiger partial charge in [0.1, 0.15) is 5.82 Å². The largest absolute Gasteiger partial charge is 0.380 e. The molecule has 0 amide bonds. The molecule has 1 atom stereocenters. The molecule has 1 rings (SSSR count). The molecule has 0 heterocycles. The zero-order valence-corrected chi connectivity index (χ0v) is 11.9. The summed E-state index contributed by atoms with van der Waals surface area (Å²) < 4.78 is 19.8. The summed E-state index contributed by atoms with van der Waals surface area (Å²) in [4.78, 5) is 0. The molecule has 0 saturated heterocycles. The van der Waals surface area contributed by atoms with Crippen molar-refractivity contribution >= 4 is 15.9 Å². The minimum atomic E-state index is -0.168. The highest BCUT2D eigenvalue weighted by Gasteiger charge is 2.11. The van der Waals surface area contributed by atoms with E-state index in [0.29, 0.717) is 19.6 Å². The predicted octanol–water partition coefficient (Wildman–Crippen LogP) is 3.15. The van der Waals surface area contributed by atoms with E-state index in [9.17, 15) is 4.39 Å². The number of benzene rings is 1. The van der Waals surface area contributed by atoms with Gasteiger partial charge in [0.15, 0.2) is 0 Å². The smallest absolute Gasteiger partial charge is 0.127 e. The van der Waals surface area contributed by atoms with E-state index < -0.39 is 0 Å². The van der Waals surface area contributed by atoms with Crippen LogP contribution >= 0.6 is 15.9 Å². The highest BCUT2D eigenvalue weighted by atomic mass is 79.9. The Morgan fingerprint density at radius 2 is 2.18 bits per heavy atom. The highest BCUT2D eigenvalue weighted by Crippen LogP contribution is 2.16. The first-order valence-corrected chi connectivity index (χ1v) is 6.71. The SMILES string of the molecule is CCNC(COCC)Cc1ccc(Br)cc1F. The highest BCUT2D eigenvalue weighted by molar-refractivity contribution is 9.10. The molecule has 0 radical (unpaired) electrons. The van der Waals surface area contributed by atoms with Crippen LogP contribution in [0.15, 0.2) is 22.7 Å². The second-order valence-electron chi connectivity index (χ2n) is 3.85. The second kappa shape index (κ2) is 7.80. The van der Waals surface area contributed by atoms with Crippen LogP contribution < -0.4 is 5.32 Å². The third-order valence-electron chi connectivity index (χ3n) is 2.50. The van der Waals surface area contributed by atoms with Crippen LogP contribution in [0.2, 0.25) is 0 Å². The third kappa shape index (κ3) is 5.15. The third-order valence-corrected chi connectivity index (χ3v) is 2.99. The minimum Gasteiger partial charge on any atom is -0.380 e. The first-order chi connectivity index (χ1) is 8.17. The Kier molecular flexibility index (Phi) is 6.70. The van der Waals surface area contributed by atoms with E-state index in [1.54, 1.807) is 0 Å². The maximum absolute atomic E-state index is 13.7. The van der Waals surface area contributed by atoms with Crippen molar-refractivity contribution in [2.75, 3.05) is 19.8 Å². The number of likely N-dealkylation sites (N-methyl/N-ethyl adjacent to an activating group) is 1. The van der Waals surface area contributed by atoms with Crippen molar-refractivity contribution < 1.29 is 9.13 Å². The Morgan fingerprint density at radius 1 is 1.41 bits per heavy atom. The molecular weight excluding hydrogens is 285 g/mol. The van der Waals surface area contributed by atoms with E-state index in [-0.39, 0.29) is 11.9 Å². The normalized spacial score (nSPS) is 12.7. The van der Waals surface area contributed by atoms with Gasteiger partial charge in [-0.05, 0) is 37.6 Å². The molecule has 2 nitrogen and oxygen atoms in total. The van der Waals surface area contributed by atoms with E-state index in [4.69, 9.17) is 4.74 Å². The lowest BCUT2D eigenvalue weighted by Crippen LogP contribution is -2.35. The quantitative estimate of drug-likeness (QED) is 0.835. The van der Waals surface area contributed by atoms with Crippen molar-refractivity contribution in [1.29, 1.82) is 0 Å². The van der Waals surface area contributed by atoms with Gasteiger partial charge in [-0.2, -0.15) is 0 Å². The van der Waals surface area contributed by atoms with E-state index >= 15 is 0 Å². The van der Waals surface area contributed by atoms with Gasteiger partial charge in [-0.15, -0.1) is 0 Å². The van der Waals surface area contributed by atoms with Crippen LogP contribution in [0, 0.1) is 5.82 Å². The molecule has 0 aliphatic carbocycles. The maximum Gasteiger partial charge on any atom is 0.127 e. The molecule has 96 valence electrons. The van der Waals surface area contributed by atoms with Gasteiger partial charge < -0.3 is 10.1 Å². The average Bonchev–Trinajstić information content (AvgIpc) is 2.29. The molecule has 0 spiro atoms. The van der Waals surface area contributed by atoms with Gasteiger partial charge in [0.2, 0.25) is 0 Å². The van der Waals surface area contributed by atoms with Crippen LogP contribution in [0.3, 0.4) is 0 Å². The summed E-state index contributed by atoms with van der Waals surface area (Å²) >= 11 is 3.25. The molecule has 0 aliphatic rings. The molecule has 17 heavy (non-hydrogen) atoms. The lowest BCUT2D eigenvalue weighted by atomic mass is 10.1. The van der Waals surface area contributed by atoms with Crippen molar-refractivity contribution in [3.8, 4) is 0 Å². The Bertz CT molecular complexity index is 346.